The van der Waals surface area contributed by atoms with Gasteiger partial charge in [0.05, 0.1) is 0 Å². The van der Waals surface area contributed by atoms with Crippen molar-refractivity contribution in [2.24, 2.45) is 0 Å². The molecule has 1 aliphatic heterocycles. The Morgan fingerprint density at radius 2 is 2.25 bits per heavy atom. The Labute approximate surface area is 72.6 Å². The molecule has 1 saturated heterocycles. The molecule has 0 aromatic rings. The maximum atomic E-state index is 10.1. The minimum Gasteiger partial charge on any atom is -0.480 e. The molecule has 4 nitrogen and oxygen atoms in total. The van der Waals surface area contributed by atoms with E-state index in [-0.39, 0.29) is 6.04 Å². The van der Waals surface area contributed by atoms with Crippen LogP contribution in [-0.2, 0) is 4.79 Å². The number of hydrogen-bond donors (Lipinski definition) is 3. The fourth-order valence-corrected chi connectivity index (χ4v) is 0.895. The number of carbonyl (C=O) groups is 1. The second-order valence-electron chi connectivity index (χ2n) is 2.71. The standard InChI is InChI=1S/C5H9NO2.C3H8O/c7-5(8)4-2-1-3-6-4;1-2-3-4/h4,6H,1-3H2,(H,7,8);4H,2-3H2,1H3/t4-;/m0./s1. The molecular formula is C8H17NO3. The van der Waals surface area contributed by atoms with Crippen LogP contribution in [0.25, 0.3) is 0 Å². The SMILES string of the molecule is CCCO.O=C(O)[C@@H]1CCCN1. The van der Waals surface area contributed by atoms with Crippen molar-refractivity contribution >= 4 is 5.97 Å². The predicted octanol–water partition coefficient (Wildman–Crippen LogP) is 0.212. The van der Waals surface area contributed by atoms with Crippen molar-refractivity contribution in [2.45, 2.75) is 32.2 Å². The maximum absolute atomic E-state index is 10.1. The van der Waals surface area contributed by atoms with Gasteiger partial charge in [0.25, 0.3) is 0 Å². The molecule has 0 radical (unpaired) electrons. The first-order valence-electron chi connectivity index (χ1n) is 4.29. The van der Waals surface area contributed by atoms with Gasteiger partial charge in [0.2, 0.25) is 0 Å². The van der Waals surface area contributed by atoms with Crippen LogP contribution in [0, 0.1) is 0 Å². The van der Waals surface area contributed by atoms with Gasteiger partial charge in [-0.05, 0) is 25.8 Å². The summed E-state index contributed by atoms with van der Waals surface area (Å²) >= 11 is 0. The van der Waals surface area contributed by atoms with E-state index in [1.807, 2.05) is 6.92 Å². The molecule has 0 aliphatic carbocycles. The largest absolute Gasteiger partial charge is 0.480 e. The first kappa shape index (κ1) is 11.4. The van der Waals surface area contributed by atoms with Crippen LogP contribution < -0.4 is 5.32 Å². The zero-order chi connectivity index (χ0) is 9.40. The summed E-state index contributed by atoms with van der Waals surface area (Å²) in [4.78, 5) is 10.1. The summed E-state index contributed by atoms with van der Waals surface area (Å²) in [7, 11) is 0. The lowest BCUT2D eigenvalue weighted by molar-refractivity contribution is -0.139. The number of aliphatic hydroxyl groups excluding tert-OH is 1. The van der Waals surface area contributed by atoms with Crippen LogP contribution in [0.15, 0.2) is 0 Å². The van der Waals surface area contributed by atoms with Gasteiger partial charge < -0.3 is 15.5 Å². The van der Waals surface area contributed by atoms with Crippen LogP contribution in [0.3, 0.4) is 0 Å². The van der Waals surface area contributed by atoms with Gasteiger partial charge in [0.15, 0.2) is 0 Å². The van der Waals surface area contributed by atoms with Crippen LogP contribution in [0.5, 0.6) is 0 Å². The van der Waals surface area contributed by atoms with Crippen LogP contribution in [0.1, 0.15) is 26.2 Å². The molecule has 0 unspecified atom stereocenters. The molecule has 12 heavy (non-hydrogen) atoms. The van der Waals surface area contributed by atoms with Crippen molar-refractivity contribution in [1.82, 2.24) is 5.32 Å². The number of nitrogens with one attached hydrogen (secondary N) is 1. The molecule has 1 fully saturated rings. The summed E-state index contributed by atoms with van der Waals surface area (Å²) in [5, 5.41) is 19.1. The van der Waals surface area contributed by atoms with Gasteiger partial charge in [-0.3, -0.25) is 4.79 Å². The quantitative estimate of drug-likeness (QED) is 0.561. The summed E-state index contributed by atoms with van der Waals surface area (Å²) in [5.74, 6) is -0.720. The van der Waals surface area contributed by atoms with Gasteiger partial charge in [0, 0.05) is 6.61 Å². The number of rotatable bonds is 2. The predicted molar refractivity (Wildman–Crippen MR) is 46.0 cm³/mol. The van der Waals surface area contributed by atoms with E-state index < -0.39 is 5.97 Å². The number of hydrogen-bond acceptors (Lipinski definition) is 3. The van der Waals surface area contributed by atoms with Gasteiger partial charge >= 0.3 is 5.97 Å². The van der Waals surface area contributed by atoms with Gasteiger partial charge in [-0.25, -0.2) is 0 Å². The minimum atomic E-state index is -0.720. The summed E-state index contributed by atoms with van der Waals surface area (Å²) in [5.41, 5.74) is 0. The van der Waals surface area contributed by atoms with E-state index in [0.29, 0.717) is 6.61 Å². The lowest BCUT2D eigenvalue weighted by Gasteiger charge is -1.99. The molecule has 1 aliphatic rings. The van der Waals surface area contributed by atoms with Crippen LogP contribution >= 0.6 is 0 Å². The Morgan fingerprint density at radius 1 is 1.67 bits per heavy atom. The molecule has 0 amide bonds. The lowest BCUT2D eigenvalue weighted by Crippen LogP contribution is -2.29. The summed E-state index contributed by atoms with van der Waals surface area (Å²) < 4.78 is 0. The van der Waals surface area contributed by atoms with Crippen molar-refractivity contribution in [2.75, 3.05) is 13.2 Å². The van der Waals surface area contributed by atoms with Crippen molar-refractivity contribution in [3.63, 3.8) is 0 Å². The van der Waals surface area contributed by atoms with E-state index in [9.17, 15) is 4.79 Å². The topological polar surface area (TPSA) is 69.6 Å². The normalized spacial score (nSPS) is 21.3. The molecule has 0 saturated carbocycles. The van der Waals surface area contributed by atoms with Gasteiger partial charge in [-0.15, -0.1) is 0 Å². The third-order valence-electron chi connectivity index (χ3n) is 1.58. The summed E-state index contributed by atoms with van der Waals surface area (Å²) in [6, 6.07) is -0.269. The highest BCUT2D eigenvalue weighted by molar-refractivity contribution is 5.73. The lowest BCUT2D eigenvalue weighted by atomic mass is 10.2. The van der Waals surface area contributed by atoms with E-state index in [2.05, 4.69) is 5.32 Å². The van der Waals surface area contributed by atoms with E-state index in [1.165, 1.54) is 0 Å². The molecule has 0 spiro atoms. The Bertz CT molecular complexity index is 119. The Balaban J connectivity index is 0.000000261. The average Bonchev–Trinajstić information content (AvgIpc) is 2.57. The second kappa shape index (κ2) is 7.06. The molecule has 4 heteroatoms. The zero-order valence-electron chi connectivity index (χ0n) is 7.42. The van der Waals surface area contributed by atoms with Gasteiger partial charge in [-0.1, -0.05) is 6.92 Å². The highest BCUT2D eigenvalue weighted by atomic mass is 16.4. The summed E-state index contributed by atoms with van der Waals surface area (Å²) in [6.45, 7) is 3.11. The highest BCUT2D eigenvalue weighted by Gasteiger charge is 2.20. The van der Waals surface area contributed by atoms with Crippen molar-refractivity contribution in [1.29, 1.82) is 0 Å². The number of carboxylic acids is 1. The molecule has 72 valence electrons. The Kier molecular flexibility index (Phi) is 6.70. The van der Waals surface area contributed by atoms with Crippen molar-refractivity contribution in [3.05, 3.63) is 0 Å². The smallest absolute Gasteiger partial charge is 0.320 e. The first-order chi connectivity index (χ1) is 5.72. The number of aliphatic hydroxyl groups is 1. The van der Waals surface area contributed by atoms with E-state index in [4.69, 9.17) is 10.2 Å². The van der Waals surface area contributed by atoms with Crippen LogP contribution in [0.4, 0.5) is 0 Å². The first-order valence-corrected chi connectivity index (χ1v) is 4.29. The molecule has 0 aromatic carbocycles. The molecule has 0 aromatic heterocycles. The Morgan fingerprint density at radius 3 is 2.42 bits per heavy atom. The summed E-state index contributed by atoms with van der Waals surface area (Å²) in [6.07, 6.45) is 2.66. The van der Waals surface area contributed by atoms with Crippen molar-refractivity contribution < 1.29 is 15.0 Å². The fraction of sp³-hybridized carbons (Fsp3) is 0.875. The zero-order valence-corrected chi connectivity index (χ0v) is 7.42. The van der Waals surface area contributed by atoms with Crippen LogP contribution in [-0.4, -0.2) is 35.4 Å². The molecule has 3 N–H and O–H groups in total. The highest BCUT2D eigenvalue weighted by Crippen LogP contribution is 2.03. The third kappa shape index (κ3) is 5.09. The third-order valence-corrected chi connectivity index (χ3v) is 1.58. The molecule has 1 atom stereocenters. The Hall–Kier alpha value is -0.610. The molecule has 1 heterocycles. The van der Waals surface area contributed by atoms with Gasteiger partial charge in [-0.2, -0.15) is 0 Å². The monoisotopic (exact) mass is 175 g/mol. The van der Waals surface area contributed by atoms with Gasteiger partial charge in [0.1, 0.15) is 6.04 Å². The van der Waals surface area contributed by atoms with Crippen molar-refractivity contribution in [3.8, 4) is 0 Å². The molecule has 0 bridgehead atoms. The second-order valence-corrected chi connectivity index (χ2v) is 2.71. The molecule has 1 rings (SSSR count). The van der Waals surface area contributed by atoms with Crippen LogP contribution in [0.2, 0.25) is 0 Å². The molecular weight excluding hydrogens is 158 g/mol. The van der Waals surface area contributed by atoms with E-state index >= 15 is 0 Å². The van der Waals surface area contributed by atoms with E-state index in [1.54, 1.807) is 0 Å². The number of carboxylic acid groups (broad SMARTS) is 1. The average molecular weight is 175 g/mol. The van der Waals surface area contributed by atoms with E-state index in [0.717, 1.165) is 25.8 Å². The maximum Gasteiger partial charge on any atom is 0.320 e. The number of aliphatic carboxylic acids is 1. The fourth-order valence-electron chi connectivity index (χ4n) is 0.895. The minimum absolute atomic E-state index is 0.269.